The molecule has 0 radical (unpaired) electrons. The van der Waals surface area contributed by atoms with E-state index >= 15 is 0 Å². The molecule has 5 fully saturated rings. The van der Waals surface area contributed by atoms with Crippen molar-refractivity contribution in [3.63, 3.8) is 0 Å². The lowest BCUT2D eigenvalue weighted by Gasteiger charge is -2.61. The summed E-state index contributed by atoms with van der Waals surface area (Å²) in [6.45, 7) is 10.4. The van der Waals surface area contributed by atoms with Crippen LogP contribution in [0.2, 0.25) is 0 Å². The van der Waals surface area contributed by atoms with Gasteiger partial charge in [0.2, 0.25) is 0 Å². The number of esters is 1. The van der Waals surface area contributed by atoms with Crippen LogP contribution in [0.15, 0.2) is 0 Å². The van der Waals surface area contributed by atoms with E-state index in [0.29, 0.717) is 16.7 Å². The normalized spacial score (nSPS) is 51.0. The first-order valence-electron chi connectivity index (χ1n) is 12.2. The van der Waals surface area contributed by atoms with E-state index in [0.717, 1.165) is 49.7 Å². The maximum atomic E-state index is 11.5. The average Bonchev–Trinajstić information content (AvgIpc) is 3.25. The van der Waals surface area contributed by atoms with Gasteiger partial charge in [0.1, 0.15) is 6.10 Å². The molecule has 29 heavy (non-hydrogen) atoms. The zero-order chi connectivity index (χ0) is 20.4. The monoisotopic (exact) mass is 404 g/mol. The molecule has 164 valence electrons. The highest BCUT2D eigenvalue weighted by Crippen LogP contribution is 2.69. The Kier molecular flexibility index (Phi) is 4.87. The van der Waals surface area contributed by atoms with Crippen molar-refractivity contribution >= 4 is 5.97 Å². The van der Waals surface area contributed by atoms with E-state index < -0.39 is 0 Å². The van der Waals surface area contributed by atoms with Crippen LogP contribution in [-0.4, -0.2) is 31.1 Å². The quantitative estimate of drug-likeness (QED) is 0.583. The van der Waals surface area contributed by atoms with Gasteiger partial charge < -0.3 is 14.2 Å². The van der Waals surface area contributed by atoms with Crippen LogP contribution in [0.25, 0.3) is 0 Å². The van der Waals surface area contributed by atoms with Gasteiger partial charge in [-0.2, -0.15) is 0 Å². The maximum absolute atomic E-state index is 11.5. The highest BCUT2D eigenvalue weighted by Gasteiger charge is 2.63. The zero-order valence-corrected chi connectivity index (χ0v) is 18.9. The van der Waals surface area contributed by atoms with Crippen molar-refractivity contribution in [3.05, 3.63) is 0 Å². The number of carbonyl (C=O) groups excluding carboxylic acids is 1. The molecule has 1 heterocycles. The largest absolute Gasteiger partial charge is 0.463 e. The summed E-state index contributed by atoms with van der Waals surface area (Å²) < 4.78 is 17.9. The fourth-order valence-corrected chi connectivity index (χ4v) is 9.15. The Hall–Kier alpha value is -0.610. The molecule has 4 aliphatic carbocycles. The minimum absolute atomic E-state index is 0.109. The molecule has 0 unspecified atom stereocenters. The highest BCUT2D eigenvalue weighted by atomic mass is 16.7. The predicted octanol–water partition coefficient (Wildman–Crippen LogP) is 5.34. The first-order chi connectivity index (χ1) is 13.8. The Balaban J connectivity index is 1.35. The summed E-state index contributed by atoms with van der Waals surface area (Å²) in [6, 6.07) is 0. The van der Waals surface area contributed by atoms with Gasteiger partial charge in [0.15, 0.2) is 5.79 Å². The van der Waals surface area contributed by atoms with Crippen LogP contribution in [0.3, 0.4) is 0 Å². The van der Waals surface area contributed by atoms with Crippen LogP contribution in [-0.2, 0) is 19.0 Å². The third kappa shape index (κ3) is 3.03. The lowest BCUT2D eigenvalue weighted by Crippen LogP contribution is -2.55. The van der Waals surface area contributed by atoms with Crippen LogP contribution in [0.4, 0.5) is 0 Å². The molecule has 8 atom stereocenters. The van der Waals surface area contributed by atoms with E-state index in [9.17, 15) is 4.79 Å². The topological polar surface area (TPSA) is 44.8 Å². The maximum Gasteiger partial charge on any atom is 0.302 e. The molecular weight excluding hydrogens is 364 g/mol. The molecule has 0 spiro atoms. The Labute approximate surface area is 176 Å². The highest BCUT2D eigenvalue weighted by molar-refractivity contribution is 5.66. The summed E-state index contributed by atoms with van der Waals surface area (Å²) in [4.78, 5) is 11.5. The fourth-order valence-electron chi connectivity index (χ4n) is 9.15. The van der Waals surface area contributed by atoms with E-state index in [1.807, 2.05) is 0 Å². The summed E-state index contributed by atoms with van der Waals surface area (Å²) in [5.74, 6) is 3.31. The minimum Gasteiger partial charge on any atom is -0.463 e. The molecule has 4 nitrogen and oxygen atoms in total. The second kappa shape index (κ2) is 6.95. The van der Waals surface area contributed by atoms with E-state index in [-0.39, 0.29) is 17.9 Å². The van der Waals surface area contributed by atoms with Crippen molar-refractivity contribution in [2.45, 2.75) is 97.4 Å². The second-order valence-corrected chi connectivity index (χ2v) is 11.6. The Morgan fingerprint density at radius 2 is 1.55 bits per heavy atom. The Morgan fingerprint density at radius 1 is 0.862 bits per heavy atom. The molecule has 1 saturated heterocycles. The first-order valence-corrected chi connectivity index (χ1v) is 12.2. The van der Waals surface area contributed by atoms with E-state index in [1.165, 1.54) is 44.9 Å². The first kappa shape index (κ1) is 20.3. The van der Waals surface area contributed by atoms with Crippen molar-refractivity contribution in [1.29, 1.82) is 0 Å². The summed E-state index contributed by atoms with van der Waals surface area (Å²) >= 11 is 0. The van der Waals surface area contributed by atoms with E-state index in [1.54, 1.807) is 6.92 Å². The molecule has 0 aromatic carbocycles. The molecule has 4 saturated carbocycles. The number of fused-ring (bicyclic) bond motifs is 5. The third-order valence-corrected chi connectivity index (χ3v) is 10.4. The molecule has 5 rings (SSSR count). The Morgan fingerprint density at radius 3 is 2.28 bits per heavy atom. The predicted molar refractivity (Wildman–Crippen MR) is 111 cm³/mol. The third-order valence-electron chi connectivity index (χ3n) is 10.4. The van der Waals surface area contributed by atoms with Gasteiger partial charge in [-0.3, -0.25) is 4.79 Å². The number of rotatable bonds is 2. The fraction of sp³-hybridized carbons (Fsp3) is 0.960. The van der Waals surface area contributed by atoms with E-state index in [4.69, 9.17) is 14.2 Å². The number of hydrogen-bond acceptors (Lipinski definition) is 4. The van der Waals surface area contributed by atoms with Gasteiger partial charge in [0, 0.05) is 12.8 Å². The standard InChI is InChI=1S/C25H40O4/c1-16(26)29-18-9-11-23(2)17(15-18)5-6-19-20-7-8-22(25(4)27-13-14-28-25)24(20,3)12-10-21(19)23/h17-22H,5-15H2,1-4H3/t17-,18+,19+,20+,21+,22+,23-,24+/m0/s1. The van der Waals surface area contributed by atoms with Crippen molar-refractivity contribution in [2.24, 2.45) is 40.4 Å². The average molecular weight is 405 g/mol. The van der Waals surface area contributed by atoms with Gasteiger partial charge >= 0.3 is 5.97 Å². The second-order valence-electron chi connectivity index (χ2n) is 11.6. The van der Waals surface area contributed by atoms with E-state index in [2.05, 4.69) is 20.8 Å². The van der Waals surface area contributed by atoms with Gasteiger partial charge in [-0.25, -0.2) is 0 Å². The van der Waals surface area contributed by atoms with Gasteiger partial charge in [0.05, 0.1) is 13.2 Å². The van der Waals surface area contributed by atoms with Gasteiger partial charge in [-0.1, -0.05) is 13.8 Å². The lowest BCUT2D eigenvalue weighted by molar-refractivity contribution is -0.219. The number of ether oxygens (including phenoxy) is 3. The van der Waals surface area contributed by atoms with Crippen LogP contribution < -0.4 is 0 Å². The van der Waals surface area contributed by atoms with Crippen LogP contribution >= 0.6 is 0 Å². The smallest absolute Gasteiger partial charge is 0.302 e. The van der Waals surface area contributed by atoms with Crippen LogP contribution in [0.1, 0.15) is 85.5 Å². The van der Waals surface area contributed by atoms with Gasteiger partial charge in [-0.05, 0) is 99.2 Å². The molecular formula is C25H40O4. The molecule has 4 heteroatoms. The lowest BCUT2D eigenvalue weighted by atomic mass is 9.44. The van der Waals surface area contributed by atoms with Crippen molar-refractivity contribution in [3.8, 4) is 0 Å². The molecule has 0 aromatic heterocycles. The minimum atomic E-state index is -0.362. The number of carbonyl (C=O) groups is 1. The van der Waals surface area contributed by atoms with Crippen LogP contribution in [0, 0.1) is 40.4 Å². The van der Waals surface area contributed by atoms with Crippen molar-refractivity contribution in [2.75, 3.05) is 13.2 Å². The summed E-state index contributed by atoms with van der Waals surface area (Å²) in [5.41, 5.74) is 0.793. The summed E-state index contributed by atoms with van der Waals surface area (Å²) in [5, 5.41) is 0. The zero-order valence-electron chi connectivity index (χ0n) is 18.9. The summed E-state index contributed by atoms with van der Waals surface area (Å²) in [6.07, 6.45) is 11.5. The number of hydrogen-bond donors (Lipinski definition) is 0. The molecule has 0 N–H and O–H groups in total. The summed E-state index contributed by atoms with van der Waals surface area (Å²) in [7, 11) is 0. The molecule has 0 bridgehead atoms. The SMILES string of the molecule is CC(=O)O[C@@H]1CC[C@@]2(C)[C@@H](CC[C@H]3[C@H]2CC[C@]2(C)[C@@H]3CC[C@H]2C2(C)OCCO2)C1. The Bertz CT molecular complexity index is 655. The molecule has 1 aliphatic heterocycles. The van der Waals surface area contributed by atoms with Crippen LogP contribution in [0.5, 0.6) is 0 Å². The van der Waals surface area contributed by atoms with Gasteiger partial charge in [0.25, 0.3) is 0 Å². The molecule has 5 aliphatic rings. The van der Waals surface area contributed by atoms with Gasteiger partial charge in [-0.15, -0.1) is 0 Å². The van der Waals surface area contributed by atoms with Crippen molar-refractivity contribution in [1.82, 2.24) is 0 Å². The molecule has 0 amide bonds. The molecule has 0 aromatic rings. The van der Waals surface area contributed by atoms with Crippen molar-refractivity contribution < 1.29 is 19.0 Å².